The summed E-state index contributed by atoms with van der Waals surface area (Å²) in [4.78, 5) is 12.1. The number of benzene rings is 3. The molecule has 2 nitrogen and oxygen atoms in total. The van der Waals surface area contributed by atoms with E-state index in [0.29, 0.717) is 5.56 Å². The van der Waals surface area contributed by atoms with Gasteiger partial charge in [-0.2, -0.15) is 0 Å². The molecule has 2 heteroatoms. The number of aliphatic hydroxyl groups is 1. The van der Waals surface area contributed by atoms with Crippen LogP contribution in [0.1, 0.15) is 35.3 Å². The van der Waals surface area contributed by atoms with Crippen molar-refractivity contribution in [2.24, 2.45) is 0 Å². The Bertz CT molecular complexity index is 927. The quantitative estimate of drug-likeness (QED) is 0.626. The van der Waals surface area contributed by atoms with Crippen molar-refractivity contribution < 1.29 is 9.90 Å². The summed E-state index contributed by atoms with van der Waals surface area (Å²) in [5.74, 6) is -0.269. The van der Waals surface area contributed by atoms with Crippen LogP contribution in [-0.2, 0) is 0 Å². The van der Waals surface area contributed by atoms with E-state index in [1.54, 1.807) is 12.1 Å². The van der Waals surface area contributed by atoms with Crippen LogP contribution in [-0.4, -0.2) is 16.5 Å². The van der Waals surface area contributed by atoms with Gasteiger partial charge in [-0.1, -0.05) is 66.7 Å². The van der Waals surface area contributed by atoms with Crippen molar-refractivity contribution in [3.05, 3.63) is 83.4 Å². The fourth-order valence-electron chi connectivity index (χ4n) is 2.94. The Morgan fingerprint density at radius 3 is 1.58 bits per heavy atom. The van der Waals surface area contributed by atoms with E-state index in [9.17, 15) is 9.90 Å². The van der Waals surface area contributed by atoms with Gasteiger partial charge in [-0.25, -0.2) is 0 Å². The lowest BCUT2D eigenvalue weighted by Gasteiger charge is -2.15. The van der Waals surface area contributed by atoms with Crippen LogP contribution in [0.5, 0.6) is 0 Å². The van der Waals surface area contributed by atoms with Crippen molar-refractivity contribution >= 4 is 5.78 Å². The highest BCUT2D eigenvalue weighted by atomic mass is 16.3. The molecule has 132 valence electrons. The van der Waals surface area contributed by atoms with E-state index in [-0.39, 0.29) is 5.78 Å². The van der Waals surface area contributed by atoms with E-state index in [2.05, 4.69) is 56.3 Å². The summed E-state index contributed by atoms with van der Waals surface area (Å²) < 4.78 is 0. The maximum absolute atomic E-state index is 12.1. The van der Waals surface area contributed by atoms with Gasteiger partial charge in [0.2, 0.25) is 0 Å². The monoisotopic (exact) mass is 344 g/mol. The van der Waals surface area contributed by atoms with Gasteiger partial charge in [-0.05, 0) is 61.1 Å². The summed E-state index contributed by atoms with van der Waals surface area (Å²) in [6.45, 7) is 7.27. The Labute approximate surface area is 155 Å². The van der Waals surface area contributed by atoms with Crippen LogP contribution in [0.25, 0.3) is 22.3 Å². The van der Waals surface area contributed by atoms with Crippen LogP contribution in [0.2, 0.25) is 0 Å². The molecule has 0 bridgehead atoms. The van der Waals surface area contributed by atoms with E-state index in [1.807, 2.05) is 12.1 Å². The first-order chi connectivity index (χ1) is 12.3. The van der Waals surface area contributed by atoms with Gasteiger partial charge in [-0.3, -0.25) is 4.79 Å². The van der Waals surface area contributed by atoms with Crippen LogP contribution < -0.4 is 0 Å². The van der Waals surface area contributed by atoms with Crippen molar-refractivity contribution in [3.63, 3.8) is 0 Å². The molecule has 0 aliphatic rings. The maximum atomic E-state index is 12.1. The summed E-state index contributed by atoms with van der Waals surface area (Å²) in [6.07, 6.45) is 0. The van der Waals surface area contributed by atoms with Gasteiger partial charge in [0.05, 0.1) is 0 Å². The molecule has 0 aromatic heterocycles. The molecule has 0 fully saturated rings. The molecule has 0 spiro atoms. The van der Waals surface area contributed by atoms with Crippen LogP contribution in [0.4, 0.5) is 0 Å². The molecule has 3 aromatic rings. The maximum Gasteiger partial charge on any atom is 0.193 e. The van der Waals surface area contributed by atoms with Gasteiger partial charge in [-0.15, -0.1) is 0 Å². The Morgan fingerprint density at radius 1 is 0.692 bits per heavy atom. The number of aryl methyl sites for hydroxylation is 2. The van der Waals surface area contributed by atoms with Gasteiger partial charge >= 0.3 is 0 Å². The normalized spacial score (nSPS) is 11.4. The second kappa shape index (κ2) is 6.89. The average molecular weight is 344 g/mol. The molecule has 0 amide bonds. The Morgan fingerprint density at radius 2 is 1.12 bits per heavy atom. The first kappa shape index (κ1) is 18.1. The summed E-state index contributed by atoms with van der Waals surface area (Å²) in [6, 6.07) is 22.3. The minimum atomic E-state index is -1.35. The number of hydrogen-bond donors (Lipinski definition) is 1. The predicted octanol–water partition coefficient (Wildman–Crippen LogP) is 5.59. The Balaban J connectivity index is 1.84. The molecule has 3 aromatic carbocycles. The van der Waals surface area contributed by atoms with Crippen LogP contribution in [0, 0.1) is 13.8 Å². The fourth-order valence-corrected chi connectivity index (χ4v) is 2.94. The predicted molar refractivity (Wildman–Crippen MR) is 107 cm³/mol. The van der Waals surface area contributed by atoms with Crippen LogP contribution >= 0.6 is 0 Å². The van der Waals surface area contributed by atoms with Gasteiger partial charge in [0.15, 0.2) is 5.78 Å². The smallest absolute Gasteiger partial charge is 0.193 e. The van der Waals surface area contributed by atoms with E-state index in [4.69, 9.17) is 0 Å². The van der Waals surface area contributed by atoms with Crippen molar-refractivity contribution in [1.29, 1.82) is 0 Å². The fraction of sp³-hybridized carbons (Fsp3) is 0.208. The van der Waals surface area contributed by atoms with Crippen molar-refractivity contribution in [1.82, 2.24) is 0 Å². The molecule has 26 heavy (non-hydrogen) atoms. The van der Waals surface area contributed by atoms with Gasteiger partial charge < -0.3 is 5.11 Å². The topological polar surface area (TPSA) is 37.3 Å². The van der Waals surface area contributed by atoms with Crippen LogP contribution in [0.15, 0.2) is 66.7 Å². The van der Waals surface area contributed by atoms with E-state index < -0.39 is 5.60 Å². The summed E-state index contributed by atoms with van der Waals surface area (Å²) in [7, 11) is 0. The van der Waals surface area contributed by atoms with Crippen molar-refractivity contribution in [2.75, 3.05) is 0 Å². The van der Waals surface area contributed by atoms with Crippen LogP contribution in [0.3, 0.4) is 0 Å². The summed E-state index contributed by atoms with van der Waals surface area (Å²) >= 11 is 0. The highest BCUT2D eigenvalue weighted by Gasteiger charge is 2.24. The zero-order valence-corrected chi connectivity index (χ0v) is 15.7. The zero-order chi connectivity index (χ0) is 18.9. The van der Waals surface area contributed by atoms with Crippen molar-refractivity contribution in [3.8, 4) is 22.3 Å². The molecular weight excluding hydrogens is 320 g/mol. The molecule has 0 saturated carbocycles. The molecular formula is C24H24O2. The molecule has 3 rings (SSSR count). The average Bonchev–Trinajstić information content (AvgIpc) is 2.63. The molecule has 1 N–H and O–H groups in total. The first-order valence-corrected chi connectivity index (χ1v) is 8.81. The van der Waals surface area contributed by atoms with Gasteiger partial charge in [0.1, 0.15) is 5.60 Å². The lowest BCUT2D eigenvalue weighted by Crippen LogP contribution is -2.30. The minimum Gasteiger partial charge on any atom is -0.382 e. The molecule has 0 heterocycles. The lowest BCUT2D eigenvalue weighted by molar-refractivity contribution is 0.0488. The third kappa shape index (κ3) is 3.76. The molecule has 0 unspecified atom stereocenters. The standard InChI is InChI=1S/C24H24O2/c1-16-5-6-22(15-17(16)2)20-9-7-18(8-10-20)19-11-13-21(14-12-19)23(25)24(3,4)26/h5-15,26H,1-4H3. The minimum absolute atomic E-state index is 0.269. The first-order valence-electron chi connectivity index (χ1n) is 8.81. The van der Waals surface area contributed by atoms with Crippen molar-refractivity contribution in [2.45, 2.75) is 33.3 Å². The number of hydrogen-bond acceptors (Lipinski definition) is 2. The van der Waals surface area contributed by atoms with E-state index >= 15 is 0 Å². The number of Topliss-reactive ketones (excluding diaryl/α,β-unsaturated/α-hetero) is 1. The SMILES string of the molecule is Cc1ccc(-c2ccc(-c3ccc(C(=O)C(C)(C)O)cc3)cc2)cc1C. The Hall–Kier alpha value is -2.71. The summed E-state index contributed by atoms with van der Waals surface area (Å²) in [5, 5.41) is 9.85. The van der Waals surface area contributed by atoms with E-state index in [1.165, 1.54) is 36.1 Å². The molecule has 0 aliphatic carbocycles. The highest BCUT2D eigenvalue weighted by Crippen LogP contribution is 2.27. The second-order valence-electron chi connectivity index (χ2n) is 7.34. The number of carbonyl (C=O) groups excluding carboxylic acids is 1. The molecule has 0 atom stereocenters. The number of rotatable bonds is 4. The third-order valence-corrected chi connectivity index (χ3v) is 4.76. The van der Waals surface area contributed by atoms with Gasteiger partial charge in [0, 0.05) is 5.56 Å². The third-order valence-electron chi connectivity index (χ3n) is 4.76. The van der Waals surface area contributed by atoms with Gasteiger partial charge in [0.25, 0.3) is 0 Å². The highest BCUT2D eigenvalue weighted by molar-refractivity contribution is 6.02. The molecule has 0 saturated heterocycles. The molecule has 0 radical (unpaired) electrons. The molecule has 0 aliphatic heterocycles. The largest absolute Gasteiger partial charge is 0.382 e. The zero-order valence-electron chi connectivity index (χ0n) is 15.7. The van der Waals surface area contributed by atoms with E-state index in [0.717, 1.165) is 11.1 Å². The second-order valence-corrected chi connectivity index (χ2v) is 7.34. The lowest BCUT2D eigenvalue weighted by atomic mass is 9.94. The summed E-state index contributed by atoms with van der Waals surface area (Å²) in [5.41, 5.74) is 6.30. The number of ketones is 1. The Kier molecular flexibility index (Phi) is 4.80. The number of carbonyl (C=O) groups is 1.